The summed E-state index contributed by atoms with van der Waals surface area (Å²) in [5.41, 5.74) is 5.71. The van der Waals surface area contributed by atoms with Gasteiger partial charge in [0, 0.05) is 29.2 Å². The van der Waals surface area contributed by atoms with E-state index in [1.165, 1.54) is 48.0 Å². The Hall–Kier alpha value is -2.39. The second-order valence-electron chi connectivity index (χ2n) is 7.43. The van der Waals surface area contributed by atoms with E-state index in [-0.39, 0.29) is 0 Å². The van der Waals surface area contributed by atoms with Gasteiger partial charge in [-0.25, -0.2) is 4.98 Å². The minimum Gasteiger partial charge on any atom is -0.384 e. The summed E-state index contributed by atoms with van der Waals surface area (Å²) in [6.07, 6.45) is 3.84. The molecule has 1 aliphatic heterocycles. The average molecular weight is 345 g/mol. The summed E-state index contributed by atoms with van der Waals surface area (Å²) in [5, 5.41) is 4.89. The molecule has 3 heteroatoms. The highest BCUT2D eigenvalue weighted by molar-refractivity contribution is 5.93. The summed E-state index contributed by atoms with van der Waals surface area (Å²) in [5.74, 6) is 0. The van der Waals surface area contributed by atoms with Crippen LogP contribution in [0, 0.1) is 6.92 Å². The average Bonchev–Trinajstić information content (AvgIpc) is 3.06. The van der Waals surface area contributed by atoms with E-state index in [0.29, 0.717) is 6.04 Å². The summed E-state index contributed by atoms with van der Waals surface area (Å²) in [7, 11) is 2.25. The van der Waals surface area contributed by atoms with Gasteiger partial charge in [-0.05, 0) is 58.0 Å². The molecule has 134 valence electrons. The highest BCUT2D eigenvalue weighted by atomic mass is 15.1. The number of benzene rings is 2. The first-order valence-corrected chi connectivity index (χ1v) is 9.61. The van der Waals surface area contributed by atoms with Crippen LogP contribution < -0.4 is 5.32 Å². The minimum atomic E-state index is 0.715. The Morgan fingerprint density at radius 3 is 2.81 bits per heavy atom. The molecule has 1 unspecified atom stereocenters. The zero-order chi connectivity index (χ0) is 17.9. The second kappa shape index (κ2) is 7.46. The SMILES string of the molecule is Cc1cccc(-c2cc(NCCC3CCCN3C)c3ccccc3n2)c1. The Morgan fingerprint density at radius 2 is 2.00 bits per heavy atom. The monoisotopic (exact) mass is 345 g/mol. The topological polar surface area (TPSA) is 28.2 Å². The van der Waals surface area contributed by atoms with Gasteiger partial charge in [-0.15, -0.1) is 0 Å². The molecule has 1 fully saturated rings. The first kappa shape index (κ1) is 17.0. The van der Waals surface area contributed by atoms with Crippen LogP contribution in [0.1, 0.15) is 24.8 Å². The van der Waals surface area contributed by atoms with E-state index in [1.54, 1.807) is 0 Å². The van der Waals surface area contributed by atoms with Gasteiger partial charge in [0.15, 0.2) is 0 Å². The summed E-state index contributed by atoms with van der Waals surface area (Å²) in [6, 6.07) is 19.9. The van der Waals surface area contributed by atoms with Crippen molar-refractivity contribution in [2.75, 3.05) is 25.5 Å². The van der Waals surface area contributed by atoms with Crippen molar-refractivity contribution in [1.29, 1.82) is 0 Å². The summed E-state index contributed by atoms with van der Waals surface area (Å²) in [4.78, 5) is 7.39. The molecular weight excluding hydrogens is 318 g/mol. The molecule has 1 aliphatic rings. The lowest BCUT2D eigenvalue weighted by atomic mass is 10.1. The lowest BCUT2D eigenvalue weighted by Crippen LogP contribution is -2.26. The van der Waals surface area contributed by atoms with Crippen LogP contribution in [0.4, 0.5) is 5.69 Å². The second-order valence-corrected chi connectivity index (χ2v) is 7.43. The van der Waals surface area contributed by atoms with Crippen molar-refractivity contribution in [3.8, 4) is 11.3 Å². The van der Waals surface area contributed by atoms with Gasteiger partial charge < -0.3 is 10.2 Å². The maximum Gasteiger partial charge on any atom is 0.0730 e. The van der Waals surface area contributed by atoms with Crippen LogP contribution in [0.3, 0.4) is 0 Å². The fourth-order valence-corrected chi connectivity index (χ4v) is 3.99. The number of fused-ring (bicyclic) bond motifs is 1. The lowest BCUT2D eigenvalue weighted by Gasteiger charge is -2.20. The van der Waals surface area contributed by atoms with Crippen LogP contribution in [0.5, 0.6) is 0 Å². The van der Waals surface area contributed by atoms with Crippen LogP contribution >= 0.6 is 0 Å². The van der Waals surface area contributed by atoms with E-state index in [1.807, 2.05) is 0 Å². The number of aromatic nitrogens is 1. The molecule has 1 N–H and O–H groups in total. The maximum absolute atomic E-state index is 4.90. The summed E-state index contributed by atoms with van der Waals surface area (Å²) >= 11 is 0. The fraction of sp³-hybridized carbons (Fsp3) is 0.348. The van der Waals surface area contributed by atoms with E-state index in [4.69, 9.17) is 4.98 Å². The smallest absolute Gasteiger partial charge is 0.0730 e. The predicted molar refractivity (Wildman–Crippen MR) is 111 cm³/mol. The molecule has 1 saturated heterocycles. The third-order valence-electron chi connectivity index (χ3n) is 5.49. The van der Waals surface area contributed by atoms with Gasteiger partial charge in [0.05, 0.1) is 11.2 Å². The van der Waals surface area contributed by atoms with Crippen molar-refractivity contribution in [3.05, 3.63) is 60.2 Å². The van der Waals surface area contributed by atoms with Crippen molar-refractivity contribution >= 4 is 16.6 Å². The van der Waals surface area contributed by atoms with Crippen molar-refractivity contribution in [3.63, 3.8) is 0 Å². The molecule has 0 saturated carbocycles. The molecule has 0 amide bonds. The Labute approximate surface area is 156 Å². The maximum atomic E-state index is 4.90. The highest BCUT2D eigenvalue weighted by Gasteiger charge is 2.20. The number of nitrogens with one attached hydrogen (secondary N) is 1. The Bertz CT molecular complexity index is 903. The third kappa shape index (κ3) is 3.58. The number of aryl methyl sites for hydroxylation is 1. The van der Waals surface area contributed by atoms with E-state index < -0.39 is 0 Å². The van der Waals surface area contributed by atoms with Crippen LogP contribution in [0.25, 0.3) is 22.2 Å². The van der Waals surface area contributed by atoms with Crippen LogP contribution in [0.2, 0.25) is 0 Å². The van der Waals surface area contributed by atoms with Crippen LogP contribution in [-0.2, 0) is 0 Å². The van der Waals surface area contributed by atoms with E-state index in [2.05, 4.69) is 78.8 Å². The van der Waals surface area contributed by atoms with Gasteiger partial charge in [0.25, 0.3) is 0 Å². The van der Waals surface area contributed by atoms with Gasteiger partial charge in [-0.3, -0.25) is 0 Å². The Morgan fingerprint density at radius 1 is 1.12 bits per heavy atom. The largest absolute Gasteiger partial charge is 0.384 e. The molecule has 2 aromatic carbocycles. The molecule has 4 rings (SSSR count). The fourth-order valence-electron chi connectivity index (χ4n) is 3.99. The van der Waals surface area contributed by atoms with Crippen LogP contribution in [-0.4, -0.2) is 36.1 Å². The zero-order valence-corrected chi connectivity index (χ0v) is 15.7. The molecule has 2 heterocycles. The Kier molecular flexibility index (Phi) is 4.89. The number of anilines is 1. The molecule has 26 heavy (non-hydrogen) atoms. The third-order valence-corrected chi connectivity index (χ3v) is 5.49. The first-order chi connectivity index (χ1) is 12.7. The normalized spacial score (nSPS) is 17.7. The van der Waals surface area contributed by atoms with Crippen LogP contribution in [0.15, 0.2) is 54.6 Å². The molecule has 0 bridgehead atoms. The van der Waals surface area contributed by atoms with E-state index in [9.17, 15) is 0 Å². The van der Waals surface area contributed by atoms with Crippen molar-refractivity contribution < 1.29 is 0 Å². The molecule has 3 aromatic rings. The van der Waals surface area contributed by atoms with Gasteiger partial charge in [-0.2, -0.15) is 0 Å². The predicted octanol–water partition coefficient (Wildman–Crippen LogP) is 5.11. The molecule has 1 atom stereocenters. The number of nitrogens with zero attached hydrogens (tertiary/aromatic N) is 2. The number of likely N-dealkylation sites (tertiary alicyclic amines) is 1. The van der Waals surface area contributed by atoms with Crippen molar-refractivity contribution in [2.24, 2.45) is 0 Å². The molecule has 0 aliphatic carbocycles. The number of hydrogen-bond donors (Lipinski definition) is 1. The van der Waals surface area contributed by atoms with Gasteiger partial charge in [0.2, 0.25) is 0 Å². The quantitative estimate of drug-likeness (QED) is 0.697. The van der Waals surface area contributed by atoms with E-state index >= 15 is 0 Å². The number of pyridine rings is 1. The molecule has 0 radical (unpaired) electrons. The zero-order valence-electron chi connectivity index (χ0n) is 15.7. The summed E-state index contributed by atoms with van der Waals surface area (Å²) < 4.78 is 0. The molecule has 0 spiro atoms. The van der Waals surface area contributed by atoms with Crippen molar-refractivity contribution in [2.45, 2.75) is 32.2 Å². The molecular formula is C23H27N3. The highest BCUT2D eigenvalue weighted by Crippen LogP contribution is 2.29. The summed E-state index contributed by atoms with van der Waals surface area (Å²) in [6.45, 7) is 4.36. The van der Waals surface area contributed by atoms with E-state index in [0.717, 1.165) is 17.8 Å². The standard InChI is InChI=1S/C23H27N3/c1-17-7-5-8-18(15-17)22-16-23(20-10-3-4-11-21(20)25-22)24-13-12-19-9-6-14-26(19)2/h3-5,7-8,10-11,15-16,19H,6,9,12-14H2,1-2H3,(H,24,25). The van der Waals surface area contributed by atoms with Crippen molar-refractivity contribution in [1.82, 2.24) is 9.88 Å². The van der Waals surface area contributed by atoms with Gasteiger partial charge >= 0.3 is 0 Å². The minimum absolute atomic E-state index is 0.715. The molecule has 1 aromatic heterocycles. The Balaban J connectivity index is 1.62. The van der Waals surface area contributed by atoms with Gasteiger partial charge in [-0.1, -0.05) is 42.0 Å². The number of rotatable bonds is 5. The number of para-hydroxylation sites is 1. The van der Waals surface area contributed by atoms with Gasteiger partial charge in [0.1, 0.15) is 0 Å². The first-order valence-electron chi connectivity index (χ1n) is 9.61. The molecule has 3 nitrogen and oxygen atoms in total. The number of hydrogen-bond acceptors (Lipinski definition) is 3. The lowest BCUT2D eigenvalue weighted by molar-refractivity contribution is 0.301.